The van der Waals surface area contributed by atoms with Gasteiger partial charge in [0.15, 0.2) is 0 Å². The molecule has 0 aliphatic carbocycles. The van der Waals surface area contributed by atoms with E-state index in [0.717, 1.165) is 25.7 Å². The molecule has 0 aliphatic heterocycles. The Balaban J connectivity index is 3.35. The van der Waals surface area contributed by atoms with Crippen molar-refractivity contribution in [3.05, 3.63) is 12.2 Å². The van der Waals surface area contributed by atoms with Gasteiger partial charge in [-0.2, -0.15) is 0 Å². The van der Waals surface area contributed by atoms with E-state index in [1.54, 1.807) is 0 Å². The van der Waals surface area contributed by atoms with E-state index in [1.807, 2.05) is 0 Å². The van der Waals surface area contributed by atoms with Crippen LogP contribution in [0.15, 0.2) is 12.2 Å². The summed E-state index contributed by atoms with van der Waals surface area (Å²) < 4.78 is 0. The van der Waals surface area contributed by atoms with Gasteiger partial charge in [-0.05, 0) is 38.5 Å². The summed E-state index contributed by atoms with van der Waals surface area (Å²) in [5, 5.41) is 23.5. The zero-order valence-corrected chi connectivity index (χ0v) is 56.1. The average molecular weight is 1140 g/mol. The molecule has 0 saturated heterocycles. The largest absolute Gasteiger partial charge is 0.394 e. The van der Waals surface area contributed by atoms with Gasteiger partial charge in [0, 0.05) is 6.42 Å². The fourth-order valence-corrected chi connectivity index (χ4v) is 12.7. The summed E-state index contributed by atoms with van der Waals surface area (Å²) in [5.74, 6) is -0.0193. The van der Waals surface area contributed by atoms with Gasteiger partial charge >= 0.3 is 0 Å². The smallest absolute Gasteiger partial charge is 0.220 e. The minimum atomic E-state index is -0.658. The van der Waals surface area contributed by atoms with Gasteiger partial charge in [0.05, 0.1) is 18.8 Å². The van der Waals surface area contributed by atoms with Crippen LogP contribution in [0.5, 0.6) is 0 Å². The zero-order valence-electron chi connectivity index (χ0n) is 56.1. The van der Waals surface area contributed by atoms with Crippen molar-refractivity contribution in [2.45, 2.75) is 469 Å². The topological polar surface area (TPSA) is 69.6 Å². The second-order valence-electron chi connectivity index (χ2n) is 26.8. The van der Waals surface area contributed by atoms with E-state index < -0.39 is 12.1 Å². The number of aliphatic hydroxyl groups is 2. The summed E-state index contributed by atoms with van der Waals surface area (Å²) in [7, 11) is 0. The van der Waals surface area contributed by atoms with Gasteiger partial charge in [-0.25, -0.2) is 0 Å². The average Bonchev–Trinajstić information content (AvgIpc) is 3.47. The van der Waals surface area contributed by atoms with Gasteiger partial charge in [0.1, 0.15) is 0 Å². The Morgan fingerprint density at radius 1 is 0.284 bits per heavy atom. The van der Waals surface area contributed by atoms with Crippen LogP contribution in [0.4, 0.5) is 0 Å². The van der Waals surface area contributed by atoms with Crippen LogP contribution in [0.25, 0.3) is 0 Å². The third-order valence-electron chi connectivity index (χ3n) is 18.5. The summed E-state index contributed by atoms with van der Waals surface area (Å²) in [6, 6.07) is -0.535. The van der Waals surface area contributed by atoms with Crippen LogP contribution in [0.2, 0.25) is 0 Å². The van der Waals surface area contributed by atoms with Crippen LogP contribution in [-0.4, -0.2) is 34.9 Å². The van der Waals surface area contributed by atoms with Gasteiger partial charge in [-0.15, -0.1) is 0 Å². The minimum Gasteiger partial charge on any atom is -0.394 e. The molecule has 1 amide bonds. The fourth-order valence-electron chi connectivity index (χ4n) is 12.7. The highest BCUT2D eigenvalue weighted by Crippen LogP contribution is 2.20. The number of aliphatic hydroxyl groups excluding tert-OH is 2. The van der Waals surface area contributed by atoms with Crippen LogP contribution < -0.4 is 5.32 Å². The van der Waals surface area contributed by atoms with Crippen molar-refractivity contribution < 1.29 is 15.0 Å². The van der Waals surface area contributed by atoms with E-state index in [0.29, 0.717) is 12.8 Å². The lowest BCUT2D eigenvalue weighted by Crippen LogP contribution is -2.45. The first-order chi connectivity index (χ1) is 40.2. The summed E-state index contributed by atoms with van der Waals surface area (Å²) in [6.07, 6.45) is 98.9. The number of carbonyl (C=O) groups is 1. The molecule has 484 valence electrons. The molecule has 2 atom stereocenters. The summed E-state index contributed by atoms with van der Waals surface area (Å²) in [5.41, 5.74) is 0. The Labute approximate surface area is 511 Å². The molecule has 0 spiro atoms. The number of rotatable bonds is 73. The molecule has 0 aromatic heterocycles. The first-order valence-electron chi connectivity index (χ1n) is 38.4. The van der Waals surface area contributed by atoms with Crippen molar-refractivity contribution in [1.82, 2.24) is 5.32 Å². The highest BCUT2D eigenvalue weighted by atomic mass is 16.3. The lowest BCUT2D eigenvalue weighted by molar-refractivity contribution is -0.123. The molecule has 0 heterocycles. The van der Waals surface area contributed by atoms with Crippen molar-refractivity contribution in [2.75, 3.05) is 6.61 Å². The van der Waals surface area contributed by atoms with Crippen molar-refractivity contribution >= 4 is 5.91 Å². The van der Waals surface area contributed by atoms with E-state index in [1.165, 1.54) is 405 Å². The Bertz CT molecular complexity index is 1160. The lowest BCUT2D eigenvalue weighted by atomic mass is 10.0. The Hall–Kier alpha value is -0.870. The molecule has 0 bridgehead atoms. The van der Waals surface area contributed by atoms with E-state index in [4.69, 9.17) is 0 Å². The van der Waals surface area contributed by atoms with Gasteiger partial charge in [-0.1, -0.05) is 424 Å². The molecule has 4 heteroatoms. The maximum absolute atomic E-state index is 12.6. The summed E-state index contributed by atoms with van der Waals surface area (Å²) in [6.45, 7) is 4.42. The number of allylic oxidation sites excluding steroid dienone is 2. The van der Waals surface area contributed by atoms with Gasteiger partial charge in [-0.3, -0.25) is 4.79 Å². The molecule has 0 fully saturated rings. The predicted octanol–water partition coefficient (Wildman–Crippen LogP) is 26.3. The SMILES string of the molecule is CCCCCCCCCC/C=C\CCCCCCCCCCCCCCCCCCCCCCCCCCCC(=O)NC(CO)C(O)CCCCCCCCCCCCCCCCCCCCCCCCCCCCCCCCCC. The molecule has 4 nitrogen and oxygen atoms in total. The quantitative estimate of drug-likeness (QED) is 0.0420. The molecule has 0 radical (unpaired) electrons. The van der Waals surface area contributed by atoms with E-state index in [9.17, 15) is 15.0 Å². The summed E-state index contributed by atoms with van der Waals surface area (Å²) in [4.78, 5) is 12.6. The third kappa shape index (κ3) is 69.8. The van der Waals surface area contributed by atoms with Crippen LogP contribution >= 0.6 is 0 Å². The first-order valence-corrected chi connectivity index (χ1v) is 38.4. The Morgan fingerprint density at radius 3 is 0.679 bits per heavy atom. The third-order valence-corrected chi connectivity index (χ3v) is 18.5. The number of hydrogen-bond donors (Lipinski definition) is 3. The first kappa shape index (κ1) is 80.1. The second kappa shape index (κ2) is 73.4. The van der Waals surface area contributed by atoms with Crippen LogP contribution in [-0.2, 0) is 4.79 Å². The van der Waals surface area contributed by atoms with Crippen LogP contribution in [0.3, 0.4) is 0 Å². The number of unbranched alkanes of at least 4 members (excludes halogenated alkanes) is 64. The Kier molecular flexibility index (Phi) is 72.6. The molecule has 81 heavy (non-hydrogen) atoms. The van der Waals surface area contributed by atoms with Gasteiger partial charge < -0.3 is 15.5 Å². The van der Waals surface area contributed by atoms with Gasteiger partial charge in [0.2, 0.25) is 5.91 Å². The number of amides is 1. The monoisotopic (exact) mass is 1140 g/mol. The maximum Gasteiger partial charge on any atom is 0.220 e. The van der Waals surface area contributed by atoms with E-state index in [-0.39, 0.29) is 12.5 Å². The Morgan fingerprint density at radius 2 is 0.469 bits per heavy atom. The van der Waals surface area contributed by atoms with E-state index in [2.05, 4.69) is 31.3 Å². The molecule has 0 aliphatic rings. The van der Waals surface area contributed by atoms with Crippen LogP contribution in [0, 0.1) is 0 Å². The second-order valence-corrected chi connectivity index (χ2v) is 26.8. The van der Waals surface area contributed by atoms with Crippen molar-refractivity contribution in [2.24, 2.45) is 0 Å². The highest BCUT2D eigenvalue weighted by Gasteiger charge is 2.20. The number of nitrogens with one attached hydrogen (secondary N) is 1. The summed E-state index contributed by atoms with van der Waals surface area (Å²) >= 11 is 0. The minimum absolute atomic E-state index is 0.0193. The highest BCUT2D eigenvalue weighted by molar-refractivity contribution is 5.76. The molecule has 2 unspecified atom stereocenters. The fraction of sp³-hybridized carbons (Fsp3) is 0.961. The molecule has 0 saturated carbocycles. The lowest BCUT2D eigenvalue weighted by Gasteiger charge is -2.22. The molecular weight excluding hydrogens is 987 g/mol. The molecular formula is C77H153NO3. The molecule has 0 aromatic rings. The van der Waals surface area contributed by atoms with Gasteiger partial charge in [0.25, 0.3) is 0 Å². The van der Waals surface area contributed by atoms with Crippen molar-refractivity contribution in [3.8, 4) is 0 Å². The van der Waals surface area contributed by atoms with E-state index >= 15 is 0 Å². The van der Waals surface area contributed by atoms with Crippen molar-refractivity contribution in [3.63, 3.8) is 0 Å². The molecule has 0 aromatic carbocycles. The number of carbonyl (C=O) groups excluding carboxylic acids is 1. The number of hydrogen-bond acceptors (Lipinski definition) is 3. The van der Waals surface area contributed by atoms with Crippen molar-refractivity contribution in [1.29, 1.82) is 0 Å². The molecule has 0 rings (SSSR count). The maximum atomic E-state index is 12.6. The predicted molar refractivity (Wildman–Crippen MR) is 364 cm³/mol. The normalized spacial score (nSPS) is 12.6. The zero-order chi connectivity index (χ0) is 58.4. The molecule has 3 N–H and O–H groups in total. The standard InChI is InChI=1S/C77H153NO3/c1-3-5-7-9-11-13-15-17-19-21-23-25-27-29-31-33-35-37-38-39-40-41-43-45-47-49-51-53-55-57-59-61-63-65-67-69-71-73-77(81)78-75(74-79)76(80)72-70-68-66-64-62-60-58-56-54-52-50-48-46-44-42-36-34-32-30-28-26-24-22-20-18-16-14-12-10-8-6-4-2/h21,23,75-76,79-80H,3-20,22,24-74H2,1-2H3,(H,78,81)/b23-21-. The van der Waals surface area contributed by atoms with Crippen LogP contribution in [0.1, 0.15) is 457 Å².